The molecule has 0 unspecified atom stereocenters. The van der Waals surface area contributed by atoms with E-state index in [2.05, 4.69) is 242 Å². The van der Waals surface area contributed by atoms with Crippen molar-refractivity contribution in [3.8, 4) is 0 Å². The van der Waals surface area contributed by atoms with Crippen molar-refractivity contribution < 1.29 is 0 Å². The molecule has 0 bridgehead atoms. The Labute approximate surface area is 569 Å². The van der Waals surface area contributed by atoms with E-state index < -0.39 is 0 Å². The van der Waals surface area contributed by atoms with E-state index >= 15 is 0 Å². The first-order chi connectivity index (χ1) is 44.9. The van der Waals surface area contributed by atoms with Crippen molar-refractivity contribution >= 4 is 61.2 Å². The Bertz CT molecular complexity index is 4000. The van der Waals surface area contributed by atoms with Crippen molar-refractivity contribution in [2.24, 2.45) is 14.1 Å². The quantitative estimate of drug-likeness (QED) is 0.110. The molecule has 512 valence electrons. The Hall–Kier alpha value is -8.88. The zero-order valence-corrected chi connectivity index (χ0v) is 61.3. The fourth-order valence-electron chi connectivity index (χ4n) is 10.7. The number of hydrogen-bond donors (Lipinski definition) is 0. The minimum atomic E-state index is 0. The highest BCUT2D eigenvalue weighted by molar-refractivity contribution is 5.75. The van der Waals surface area contributed by atoms with Crippen LogP contribution in [0.1, 0.15) is 313 Å². The summed E-state index contributed by atoms with van der Waals surface area (Å²) in [6.07, 6.45) is 17.9. The normalized spacial score (nSPS) is 11.6. The second-order valence-electron chi connectivity index (χ2n) is 28.1. The molecular weight excluding hydrogens is 1190 g/mol. The van der Waals surface area contributed by atoms with Crippen molar-refractivity contribution in [3.63, 3.8) is 0 Å². The van der Waals surface area contributed by atoms with Crippen LogP contribution < -0.4 is 0 Å². The van der Waals surface area contributed by atoms with Gasteiger partial charge in [-0.15, -0.1) is 5.10 Å². The molecule has 12 rings (SSSR count). The largest absolute Gasteiger partial charge is 0.353 e. The molecular formula is C75H107N21. The van der Waals surface area contributed by atoms with E-state index in [1.54, 1.807) is 48.2 Å². The molecule has 0 saturated heterocycles. The SMILES string of the molecule is C.CC(C)c1cc2cncn2nc1C(C)C.CC(C)c1nc2ccncc2nc1C(C)C.CC(C)c1nc2ccnnc2nc1C(C)C.CC(C)c1nc2cn(C)cc2nc1C(C)C.CC(C)c1nc2cnn(C)c2nc1C(C)C.CC(C)c1nc2nccnc2nc1C(C)C. The number of hydrogen-bond acceptors (Lipinski definition) is 18. The van der Waals surface area contributed by atoms with Gasteiger partial charge < -0.3 is 4.57 Å². The highest BCUT2D eigenvalue weighted by Gasteiger charge is 2.21. The predicted molar refractivity (Wildman–Crippen MR) is 391 cm³/mol. The summed E-state index contributed by atoms with van der Waals surface area (Å²) < 4.78 is 5.64. The van der Waals surface area contributed by atoms with Gasteiger partial charge in [0.05, 0.1) is 98.5 Å². The number of rotatable bonds is 12. The van der Waals surface area contributed by atoms with Crippen molar-refractivity contribution in [3.05, 3.63) is 148 Å². The van der Waals surface area contributed by atoms with Crippen molar-refractivity contribution in [2.45, 2.75) is 245 Å². The van der Waals surface area contributed by atoms with Gasteiger partial charge in [0, 0.05) is 45.1 Å². The van der Waals surface area contributed by atoms with E-state index in [9.17, 15) is 0 Å². The first-order valence-corrected chi connectivity index (χ1v) is 33.8. The third kappa shape index (κ3) is 18.8. The first-order valence-electron chi connectivity index (χ1n) is 33.8. The van der Waals surface area contributed by atoms with E-state index in [4.69, 9.17) is 19.9 Å². The molecule has 0 radical (unpaired) electrons. The third-order valence-electron chi connectivity index (χ3n) is 15.7. The molecule has 0 aromatic carbocycles. The number of fused-ring (bicyclic) bond motifs is 6. The number of nitrogens with zero attached hydrogens (tertiary/aromatic N) is 21. The summed E-state index contributed by atoms with van der Waals surface area (Å²) in [7, 11) is 3.91. The van der Waals surface area contributed by atoms with Crippen LogP contribution in [0, 0.1) is 0 Å². The van der Waals surface area contributed by atoms with Crippen molar-refractivity contribution in [2.75, 3.05) is 0 Å². The van der Waals surface area contributed by atoms with Crippen LogP contribution in [0.25, 0.3) is 61.2 Å². The maximum absolute atomic E-state index is 4.73. The fraction of sp³-hybridized carbons (Fsp3) is 0.520. The molecule has 21 nitrogen and oxygen atoms in total. The summed E-state index contributed by atoms with van der Waals surface area (Å²) >= 11 is 0. The van der Waals surface area contributed by atoms with Crippen molar-refractivity contribution in [1.82, 2.24) is 104 Å². The zero-order chi connectivity index (χ0) is 69.9. The van der Waals surface area contributed by atoms with E-state index in [1.165, 1.54) is 11.3 Å². The van der Waals surface area contributed by atoms with Gasteiger partial charge in [0.15, 0.2) is 16.9 Å². The Morgan fingerprint density at radius 3 is 1.17 bits per heavy atom. The van der Waals surface area contributed by atoms with Gasteiger partial charge >= 0.3 is 0 Å². The van der Waals surface area contributed by atoms with Gasteiger partial charge in [-0.2, -0.15) is 15.3 Å². The monoisotopic (exact) mass is 1300 g/mol. The summed E-state index contributed by atoms with van der Waals surface area (Å²) in [5, 5.41) is 16.6. The summed E-state index contributed by atoms with van der Waals surface area (Å²) in [5.74, 6) is 4.86. The smallest absolute Gasteiger partial charge is 0.200 e. The van der Waals surface area contributed by atoms with E-state index in [1.807, 2.05) is 53.9 Å². The summed E-state index contributed by atoms with van der Waals surface area (Å²) in [5.41, 5.74) is 22.7. The molecule has 0 amide bonds. The number of aromatic nitrogens is 21. The maximum Gasteiger partial charge on any atom is 0.200 e. The molecule has 12 aromatic rings. The number of aryl methyl sites for hydroxylation is 2. The topological polar surface area (TPSA) is 246 Å². The number of pyridine rings is 1. The fourth-order valence-corrected chi connectivity index (χ4v) is 10.7. The lowest BCUT2D eigenvalue weighted by Crippen LogP contribution is -2.07. The molecule has 0 atom stereocenters. The van der Waals surface area contributed by atoms with Crippen LogP contribution >= 0.6 is 0 Å². The van der Waals surface area contributed by atoms with Gasteiger partial charge in [-0.3, -0.25) is 4.98 Å². The molecule has 0 aliphatic rings. The average Bonchev–Trinajstić information content (AvgIpc) is 1.53. The minimum absolute atomic E-state index is 0. The summed E-state index contributed by atoms with van der Waals surface area (Å²) in [6.45, 7) is 51.7. The van der Waals surface area contributed by atoms with Gasteiger partial charge in [-0.1, -0.05) is 174 Å². The van der Waals surface area contributed by atoms with Gasteiger partial charge in [-0.05, 0) is 94.8 Å². The number of imidazole rings is 1. The molecule has 96 heavy (non-hydrogen) atoms. The van der Waals surface area contributed by atoms with Crippen LogP contribution in [0.3, 0.4) is 0 Å². The third-order valence-corrected chi connectivity index (χ3v) is 15.7. The van der Waals surface area contributed by atoms with E-state index in [-0.39, 0.29) is 7.43 Å². The summed E-state index contributed by atoms with van der Waals surface area (Å²) in [4.78, 5) is 63.1. The van der Waals surface area contributed by atoms with Crippen LogP contribution in [0.4, 0.5) is 0 Å². The van der Waals surface area contributed by atoms with Crippen LogP contribution in [0.5, 0.6) is 0 Å². The molecule has 12 heterocycles. The van der Waals surface area contributed by atoms with E-state index in [0.717, 1.165) is 101 Å². The Kier molecular flexibility index (Phi) is 26.7. The average molecular weight is 1300 g/mol. The Morgan fingerprint density at radius 1 is 0.333 bits per heavy atom. The second-order valence-corrected chi connectivity index (χ2v) is 28.1. The molecule has 0 spiro atoms. The second kappa shape index (κ2) is 33.7. The highest BCUT2D eigenvalue weighted by atomic mass is 15.3. The summed E-state index contributed by atoms with van der Waals surface area (Å²) in [6, 6.07) is 5.96. The van der Waals surface area contributed by atoms with Crippen LogP contribution in [-0.4, -0.2) is 104 Å². The lowest BCUT2D eigenvalue weighted by atomic mass is 9.96. The lowest BCUT2D eigenvalue weighted by Gasteiger charge is -2.14. The van der Waals surface area contributed by atoms with Gasteiger partial charge in [-0.25, -0.2) is 74.0 Å². The molecule has 0 fully saturated rings. The molecule has 21 heteroatoms. The maximum atomic E-state index is 4.73. The standard InChI is InChI=1S/C13H19N3.C13H17N3.C12H18N4.2C12H16N4.C12H17N3.CH4/c1-8(2)12-13(9(3)4)15-11-7-16(5)6-10(11)14-12;1-8(2)12-13(9(3)4)16-11-7-14-6-5-10(11)15-12;1-7(2)10-11(8(3)4)15-12-9(14-10)6-13-16(12)5;1-7(2)9-10(8(3)4)16-12-11(15-9)13-5-6-14-12;1-7(2)10-11(8(3)4)15-12-9(14-10)5-6-13-16-12;1-8(2)11-5-10-6-13-7-15(10)14-12(11)9(3)4;/h6-9H,1-5H3;5-9H,1-4H3;6-8H,1-5H3;2*5-8H,1-4H3;5-9H,1-4H3;1H4. The predicted octanol–water partition coefficient (Wildman–Crippen LogP) is 18.0. The lowest BCUT2D eigenvalue weighted by molar-refractivity contribution is 0.715. The van der Waals surface area contributed by atoms with Crippen LogP contribution in [0.2, 0.25) is 0 Å². The molecule has 0 saturated carbocycles. The zero-order valence-electron chi connectivity index (χ0n) is 61.3. The van der Waals surface area contributed by atoms with E-state index in [0.29, 0.717) is 88.0 Å². The highest BCUT2D eigenvalue weighted by Crippen LogP contribution is 2.31. The van der Waals surface area contributed by atoms with Crippen molar-refractivity contribution in [1.29, 1.82) is 0 Å². The van der Waals surface area contributed by atoms with Gasteiger partial charge in [0.25, 0.3) is 0 Å². The van der Waals surface area contributed by atoms with Gasteiger partial charge in [0.1, 0.15) is 33.9 Å². The molecule has 12 aromatic heterocycles. The van der Waals surface area contributed by atoms with Crippen LogP contribution in [0.15, 0.2) is 80.3 Å². The molecule has 0 N–H and O–H groups in total. The molecule has 0 aliphatic carbocycles. The minimum Gasteiger partial charge on any atom is -0.353 e. The van der Waals surface area contributed by atoms with Crippen LogP contribution in [-0.2, 0) is 14.1 Å². The Balaban J connectivity index is 0.000000182. The Morgan fingerprint density at radius 2 is 0.719 bits per heavy atom. The first kappa shape index (κ1) is 76.1. The molecule has 0 aliphatic heterocycles. The van der Waals surface area contributed by atoms with Gasteiger partial charge in [0.2, 0.25) is 5.65 Å².